The summed E-state index contributed by atoms with van der Waals surface area (Å²) in [6.07, 6.45) is 0. The molecule has 0 unspecified atom stereocenters. The zero-order valence-corrected chi connectivity index (χ0v) is 3.09. The third kappa shape index (κ3) is 2.96. The molecule has 0 atom stereocenters. The normalized spacial score (nSPS) is 6.50. The quantitative estimate of drug-likeness (QED) is 0.489. The summed E-state index contributed by atoms with van der Waals surface area (Å²) in [6, 6.07) is 0. The summed E-state index contributed by atoms with van der Waals surface area (Å²) < 4.78 is 0. The Hall–Kier alpha value is -1.04. The summed E-state index contributed by atoms with van der Waals surface area (Å²) in [5.41, 5.74) is 0. The van der Waals surface area contributed by atoms with Crippen molar-refractivity contribution in [3.63, 3.8) is 0 Å². The van der Waals surface area contributed by atoms with E-state index in [9.17, 15) is 4.79 Å². The van der Waals surface area contributed by atoms with E-state index < -0.39 is 5.97 Å². The minimum atomic E-state index is -1.00. The molecule has 0 aromatic heterocycles. The third-order valence-corrected chi connectivity index (χ3v) is 0.227. The van der Waals surface area contributed by atoms with E-state index in [0.717, 1.165) is 0 Å². The Morgan fingerprint density at radius 3 is 2.50 bits per heavy atom. The van der Waals surface area contributed by atoms with Gasteiger partial charge in [-0.2, -0.15) is 0 Å². The van der Waals surface area contributed by atoms with Crippen LogP contribution in [0.4, 0.5) is 0 Å². The number of nitrogens with zero attached hydrogens (tertiary/aromatic N) is 1. The highest BCUT2D eigenvalue weighted by Crippen LogP contribution is 1.62. The maximum atomic E-state index is 9.43. The van der Waals surface area contributed by atoms with E-state index in [1.165, 1.54) is 0 Å². The molecule has 3 nitrogen and oxygen atoms in total. The lowest BCUT2D eigenvalue weighted by Crippen LogP contribution is -1.95. The summed E-state index contributed by atoms with van der Waals surface area (Å²) in [4.78, 5) is 12.3. The van der Waals surface area contributed by atoms with Crippen molar-refractivity contribution in [1.29, 1.82) is 0 Å². The van der Waals surface area contributed by atoms with Crippen molar-refractivity contribution in [2.24, 2.45) is 0 Å². The van der Waals surface area contributed by atoms with Gasteiger partial charge in [0, 0.05) is 0 Å². The van der Waals surface area contributed by atoms with Crippen LogP contribution in [-0.4, -0.2) is 17.6 Å². The minimum absolute atomic E-state index is 0.306. The smallest absolute Gasteiger partial charge is 0.389 e. The predicted octanol–water partition coefficient (Wildman–Crippen LogP) is 0.0337. The summed E-state index contributed by atoms with van der Waals surface area (Å²) in [5.74, 6) is -1.00. The number of hydrogen-bond donors (Lipinski definition) is 1. The van der Waals surface area contributed by atoms with Crippen LogP contribution in [0.1, 0.15) is 0 Å². The van der Waals surface area contributed by atoms with Crippen molar-refractivity contribution >= 4 is 5.97 Å². The van der Waals surface area contributed by atoms with Crippen molar-refractivity contribution in [2.45, 2.75) is 0 Å². The summed E-state index contributed by atoms with van der Waals surface area (Å²) in [5, 5.41) is 7.74. The van der Waals surface area contributed by atoms with E-state index in [1.807, 2.05) is 0 Å². The first-order valence-electron chi connectivity index (χ1n) is 1.36. The molecule has 0 bridgehead atoms. The molecule has 32 valence electrons. The molecular formula is C3H4NO2+. The molecule has 0 amide bonds. The SMILES string of the molecule is C#[N+]CC(=O)O. The number of carboxylic acids is 1. The van der Waals surface area contributed by atoms with Gasteiger partial charge in [-0.3, -0.25) is 0 Å². The van der Waals surface area contributed by atoms with Crippen LogP contribution < -0.4 is 0 Å². The van der Waals surface area contributed by atoms with Gasteiger partial charge in [0.2, 0.25) is 0 Å². The van der Waals surface area contributed by atoms with Gasteiger partial charge in [0.05, 0.1) is 0 Å². The van der Waals surface area contributed by atoms with Crippen LogP contribution in [0.25, 0.3) is 4.85 Å². The Bertz CT molecular complexity index is 91.5. The van der Waals surface area contributed by atoms with E-state index in [2.05, 4.69) is 11.4 Å². The highest BCUT2D eigenvalue weighted by atomic mass is 16.4. The van der Waals surface area contributed by atoms with Crippen molar-refractivity contribution in [3.8, 4) is 6.57 Å². The molecule has 0 aliphatic carbocycles. The molecule has 0 aliphatic heterocycles. The molecule has 6 heavy (non-hydrogen) atoms. The van der Waals surface area contributed by atoms with Crippen molar-refractivity contribution in [3.05, 3.63) is 4.85 Å². The van der Waals surface area contributed by atoms with Gasteiger partial charge in [0.15, 0.2) is 0 Å². The molecule has 0 aromatic rings. The second-order valence-electron chi connectivity index (χ2n) is 0.734. The predicted molar refractivity (Wildman–Crippen MR) is 20.8 cm³/mol. The summed E-state index contributed by atoms with van der Waals surface area (Å²) in [6.45, 7) is 4.17. The fourth-order valence-corrected chi connectivity index (χ4v) is 0.0781. The first-order valence-corrected chi connectivity index (χ1v) is 1.36. The fraction of sp³-hybridized carbons (Fsp3) is 0.333. The lowest BCUT2D eigenvalue weighted by molar-refractivity contribution is -0.134. The van der Waals surface area contributed by atoms with Crippen molar-refractivity contribution < 1.29 is 9.90 Å². The molecule has 0 saturated carbocycles. The molecule has 3 heteroatoms. The number of aliphatic carboxylic acids is 1. The van der Waals surface area contributed by atoms with E-state index in [0.29, 0.717) is 0 Å². The van der Waals surface area contributed by atoms with Crippen molar-refractivity contribution in [2.75, 3.05) is 6.54 Å². The number of carboxylic acid groups (broad SMARTS) is 1. The van der Waals surface area contributed by atoms with Crippen LogP contribution in [0, 0.1) is 6.57 Å². The van der Waals surface area contributed by atoms with E-state index in [1.54, 1.807) is 0 Å². The first-order chi connectivity index (χ1) is 2.77. The first kappa shape index (κ1) is 4.96. The fourth-order valence-electron chi connectivity index (χ4n) is 0.0781. The van der Waals surface area contributed by atoms with Gasteiger partial charge in [-0.15, -0.1) is 0 Å². The van der Waals surface area contributed by atoms with Gasteiger partial charge in [0.1, 0.15) is 0 Å². The standard InChI is InChI=1S/C3H3NO2/c1-4-2-3(5)6/h1H,2H2/p+1. The second kappa shape index (κ2) is 2.21. The summed E-state index contributed by atoms with van der Waals surface area (Å²) in [7, 11) is 0. The summed E-state index contributed by atoms with van der Waals surface area (Å²) >= 11 is 0. The topological polar surface area (TPSA) is 41.7 Å². The highest BCUT2D eigenvalue weighted by molar-refractivity contribution is 5.70. The number of hydrogen-bond acceptors (Lipinski definition) is 1. The van der Waals surface area contributed by atoms with Crippen molar-refractivity contribution in [1.82, 2.24) is 0 Å². The van der Waals surface area contributed by atoms with E-state index in [-0.39, 0.29) is 6.54 Å². The van der Waals surface area contributed by atoms with Crippen LogP contribution in [0.15, 0.2) is 0 Å². The molecule has 0 fully saturated rings. The molecule has 0 aliphatic rings. The average molecular weight is 86.1 g/mol. The van der Waals surface area contributed by atoms with Gasteiger partial charge in [-0.25, -0.2) is 4.79 Å². The zero-order valence-electron chi connectivity index (χ0n) is 3.09. The molecule has 0 spiro atoms. The third-order valence-electron chi connectivity index (χ3n) is 0.227. The van der Waals surface area contributed by atoms with E-state index in [4.69, 9.17) is 5.11 Å². The Morgan fingerprint density at radius 2 is 2.50 bits per heavy atom. The Kier molecular flexibility index (Phi) is 1.83. The molecule has 0 aromatic carbocycles. The van der Waals surface area contributed by atoms with Gasteiger partial charge in [-0.1, -0.05) is 4.85 Å². The average Bonchev–Trinajstić information content (AvgIpc) is 1.35. The lowest BCUT2D eigenvalue weighted by atomic mass is 10.7. The van der Waals surface area contributed by atoms with Gasteiger partial charge in [0.25, 0.3) is 6.57 Å². The van der Waals surface area contributed by atoms with E-state index >= 15 is 0 Å². The van der Waals surface area contributed by atoms with Gasteiger partial charge < -0.3 is 5.11 Å². The van der Waals surface area contributed by atoms with Crippen LogP contribution in [0.2, 0.25) is 0 Å². The highest BCUT2D eigenvalue weighted by Gasteiger charge is 1.97. The zero-order chi connectivity index (χ0) is 4.99. The lowest BCUT2D eigenvalue weighted by Gasteiger charge is -1.63. The Morgan fingerprint density at radius 1 is 2.00 bits per heavy atom. The molecule has 1 N–H and O–H groups in total. The van der Waals surface area contributed by atoms with Crippen LogP contribution >= 0.6 is 0 Å². The maximum Gasteiger partial charge on any atom is 0.389 e. The second-order valence-corrected chi connectivity index (χ2v) is 0.734. The van der Waals surface area contributed by atoms with Crippen LogP contribution in [-0.2, 0) is 4.79 Å². The Balaban J connectivity index is 3.13. The number of carbonyl (C=O) groups is 1. The minimum Gasteiger partial charge on any atom is -0.476 e. The molecule has 0 saturated heterocycles. The maximum absolute atomic E-state index is 9.43. The molecule has 0 radical (unpaired) electrons. The monoisotopic (exact) mass is 86.0 g/mol. The van der Waals surface area contributed by atoms with Gasteiger partial charge >= 0.3 is 12.5 Å². The molecule has 0 heterocycles. The Labute approximate surface area is 35.0 Å². The van der Waals surface area contributed by atoms with Crippen LogP contribution in [0.5, 0.6) is 0 Å². The largest absolute Gasteiger partial charge is 0.476 e. The van der Waals surface area contributed by atoms with Crippen LogP contribution in [0.3, 0.4) is 0 Å². The molecular weight excluding hydrogens is 82.0 g/mol. The van der Waals surface area contributed by atoms with Gasteiger partial charge in [-0.05, 0) is 0 Å². The molecule has 0 rings (SSSR count). The number of rotatable bonds is 1.